The van der Waals surface area contributed by atoms with E-state index in [4.69, 9.17) is 5.11 Å². The first kappa shape index (κ1) is 9.54. The molecule has 0 aliphatic carbocycles. The second kappa shape index (κ2) is 3.91. The molecule has 0 fully saturated rings. The number of carboxylic acid groups (broad SMARTS) is 1. The first-order valence-electron chi connectivity index (χ1n) is 3.45. The lowest BCUT2D eigenvalue weighted by Crippen LogP contribution is -1.95. The molecule has 1 aromatic heterocycles. The predicted octanol–water partition coefficient (Wildman–Crippen LogP) is 2.34. The summed E-state index contributed by atoms with van der Waals surface area (Å²) in [6, 6.07) is 0. The topological polar surface area (TPSA) is 50.2 Å². The molecule has 0 aliphatic heterocycles. The summed E-state index contributed by atoms with van der Waals surface area (Å²) in [5.74, 6) is -0.957. The van der Waals surface area contributed by atoms with Crippen LogP contribution in [0.1, 0.15) is 24.3 Å². The molecule has 0 saturated carbocycles. The van der Waals surface area contributed by atoms with Crippen LogP contribution in [0, 0.1) is 0 Å². The fraction of sp³-hybridized carbons (Fsp3) is 0.429. The number of thiazole rings is 1. The van der Waals surface area contributed by atoms with Crippen molar-refractivity contribution in [1.29, 1.82) is 0 Å². The van der Waals surface area contributed by atoms with Gasteiger partial charge in [0.1, 0.15) is 0 Å². The van der Waals surface area contributed by atoms with Crippen molar-refractivity contribution in [3.63, 3.8) is 0 Å². The van der Waals surface area contributed by atoms with Crippen LogP contribution < -0.4 is 0 Å². The highest BCUT2D eigenvalue weighted by Gasteiger charge is 2.09. The summed E-state index contributed by atoms with van der Waals surface area (Å²) in [6.45, 7) is 4.10. The van der Waals surface area contributed by atoms with E-state index >= 15 is 0 Å². The highest BCUT2D eigenvalue weighted by Crippen LogP contribution is 2.26. The van der Waals surface area contributed by atoms with E-state index in [-0.39, 0.29) is 5.69 Å². The second-order valence-electron chi connectivity index (χ2n) is 2.47. The third-order valence-corrected chi connectivity index (χ3v) is 3.01. The molecule has 1 aromatic rings. The fourth-order valence-corrected chi connectivity index (χ4v) is 2.63. The SMILES string of the molecule is CC(C)Sc1nc(C(=O)O)cs1. The highest BCUT2D eigenvalue weighted by atomic mass is 32.2. The van der Waals surface area contributed by atoms with Crippen molar-refractivity contribution in [2.75, 3.05) is 0 Å². The van der Waals surface area contributed by atoms with Crippen LogP contribution in [0.25, 0.3) is 0 Å². The molecule has 66 valence electrons. The number of hydrogen-bond acceptors (Lipinski definition) is 4. The molecule has 0 atom stereocenters. The van der Waals surface area contributed by atoms with Gasteiger partial charge >= 0.3 is 5.97 Å². The lowest BCUT2D eigenvalue weighted by molar-refractivity contribution is 0.0691. The van der Waals surface area contributed by atoms with Crippen molar-refractivity contribution >= 4 is 29.1 Å². The van der Waals surface area contributed by atoms with Crippen molar-refractivity contribution in [2.45, 2.75) is 23.4 Å². The van der Waals surface area contributed by atoms with Gasteiger partial charge in [-0.2, -0.15) is 0 Å². The minimum absolute atomic E-state index is 0.142. The van der Waals surface area contributed by atoms with E-state index < -0.39 is 5.97 Å². The van der Waals surface area contributed by atoms with Gasteiger partial charge < -0.3 is 5.11 Å². The number of thioether (sulfide) groups is 1. The van der Waals surface area contributed by atoms with E-state index in [1.165, 1.54) is 11.3 Å². The fourth-order valence-electron chi connectivity index (χ4n) is 0.611. The maximum atomic E-state index is 10.4. The van der Waals surface area contributed by atoms with Gasteiger partial charge in [0, 0.05) is 10.6 Å². The van der Waals surface area contributed by atoms with Crippen LogP contribution in [0.15, 0.2) is 9.72 Å². The van der Waals surface area contributed by atoms with E-state index in [1.54, 1.807) is 17.1 Å². The summed E-state index contributed by atoms with van der Waals surface area (Å²) in [5.41, 5.74) is 0.142. The average molecular weight is 203 g/mol. The predicted molar refractivity (Wildman–Crippen MR) is 50.1 cm³/mol. The number of hydrogen-bond donors (Lipinski definition) is 1. The monoisotopic (exact) mass is 203 g/mol. The van der Waals surface area contributed by atoms with E-state index in [0.29, 0.717) is 5.25 Å². The van der Waals surface area contributed by atoms with Gasteiger partial charge in [0.15, 0.2) is 10.0 Å². The van der Waals surface area contributed by atoms with E-state index in [1.807, 2.05) is 13.8 Å². The van der Waals surface area contributed by atoms with Crippen LogP contribution in [0.3, 0.4) is 0 Å². The first-order valence-corrected chi connectivity index (χ1v) is 5.21. The van der Waals surface area contributed by atoms with Crippen molar-refractivity contribution in [2.24, 2.45) is 0 Å². The standard InChI is InChI=1S/C7H9NO2S2/c1-4(2)12-7-8-5(3-11-7)6(9)10/h3-4H,1-2H3,(H,9,10). The lowest BCUT2D eigenvalue weighted by Gasteiger charge is -1.97. The van der Waals surface area contributed by atoms with Crippen molar-refractivity contribution in [3.05, 3.63) is 11.1 Å². The number of carbonyl (C=O) groups is 1. The van der Waals surface area contributed by atoms with Gasteiger partial charge in [0.2, 0.25) is 0 Å². The molecule has 0 amide bonds. The Kier molecular flexibility index (Phi) is 3.11. The molecular weight excluding hydrogens is 194 g/mol. The van der Waals surface area contributed by atoms with Crippen LogP contribution in [0.5, 0.6) is 0 Å². The van der Waals surface area contributed by atoms with Crippen molar-refractivity contribution in [3.8, 4) is 0 Å². The molecule has 5 heteroatoms. The third kappa shape index (κ3) is 2.49. The molecule has 0 unspecified atom stereocenters. The molecule has 0 aromatic carbocycles. The average Bonchev–Trinajstić information content (AvgIpc) is 2.34. The smallest absolute Gasteiger partial charge is 0.355 e. The first-order chi connectivity index (χ1) is 5.59. The minimum atomic E-state index is -0.957. The number of aromatic nitrogens is 1. The van der Waals surface area contributed by atoms with Crippen LogP contribution in [0.4, 0.5) is 0 Å². The highest BCUT2D eigenvalue weighted by molar-refractivity contribution is 8.01. The Balaban J connectivity index is 2.71. The molecule has 1 rings (SSSR count). The van der Waals surface area contributed by atoms with Crippen molar-refractivity contribution in [1.82, 2.24) is 4.98 Å². The summed E-state index contributed by atoms with van der Waals surface area (Å²) in [4.78, 5) is 14.4. The second-order valence-corrected chi connectivity index (χ2v) is 5.15. The Morgan fingerprint density at radius 3 is 2.83 bits per heavy atom. The summed E-state index contributed by atoms with van der Waals surface area (Å²) < 4.78 is 0.822. The maximum absolute atomic E-state index is 10.4. The Morgan fingerprint density at radius 1 is 1.75 bits per heavy atom. The molecule has 3 nitrogen and oxygen atoms in total. The van der Waals surface area contributed by atoms with Crippen LogP contribution in [0.2, 0.25) is 0 Å². The normalized spacial score (nSPS) is 10.6. The Labute approximate surface area is 78.8 Å². The zero-order valence-electron chi connectivity index (χ0n) is 6.77. The molecule has 1 heterocycles. The van der Waals surface area contributed by atoms with Gasteiger partial charge in [0.05, 0.1) is 0 Å². The van der Waals surface area contributed by atoms with Gasteiger partial charge in [-0.15, -0.1) is 11.3 Å². The summed E-state index contributed by atoms with van der Waals surface area (Å²) in [5, 5.41) is 10.6. The Bertz CT molecular complexity index is 283. The van der Waals surface area contributed by atoms with Gasteiger partial charge in [-0.25, -0.2) is 9.78 Å². The molecule has 0 radical (unpaired) electrons. The molecule has 0 spiro atoms. The van der Waals surface area contributed by atoms with Crippen LogP contribution in [-0.2, 0) is 0 Å². The zero-order valence-corrected chi connectivity index (χ0v) is 8.41. The van der Waals surface area contributed by atoms with Gasteiger partial charge in [0.25, 0.3) is 0 Å². The summed E-state index contributed by atoms with van der Waals surface area (Å²) in [6.07, 6.45) is 0. The van der Waals surface area contributed by atoms with E-state index in [9.17, 15) is 4.79 Å². The molecule has 12 heavy (non-hydrogen) atoms. The van der Waals surface area contributed by atoms with Gasteiger partial charge in [-0.3, -0.25) is 0 Å². The third-order valence-electron chi connectivity index (χ3n) is 1.04. The maximum Gasteiger partial charge on any atom is 0.355 e. The molecule has 1 N–H and O–H groups in total. The molecular formula is C7H9NO2S2. The zero-order chi connectivity index (χ0) is 9.14. The summed E-state index contributed by atoms with van der Waals surface area (Å²) >= 11 is 2.96. The van der Waals surface area contributed by atoms with Crippen LogP contribution >= 0.6 is 23.1 Å². The Morgan fingerprint density at radius 2 is 2.42 bits per heavy atom. The van der Waals surface area contributed by atoms with Crippen LogP contribution in [-0.4, -0.2) is 21.3 Å². The molecule has 0 saturated heterocycles. The van der Waals surface area contributed by atoms with Crippen molar-refractivity contribution < 1.29 is 9.90 Å². The van der Waals surface area contributed by atoms with E-state index in [2.05, 4.69) is 4.98 Å². The van der Waals surface area contributed by atoms with E-state index in [0.717, 1.165) is 4.34 Å². The lowest BCUT2D eigenvalue weighted by atomic mass is 10.5. The number of aromatic carboxylic acids is 1. The molecule has 0 bridgehead atoms. The minimum Gasteiger partial charge on any atom is -0.476 e. The Hall–Kier alpha value is -0.550. The largest absolute Gasteiger partial charge is 0.476 e. The molecule has 0 aliphatic rings. The quantitative estimate of drug-likeness (QED) is 0.766. The summed E-state index contributed by atoms with van der Waals surface area (Å²) in [7, 11) is 0. The number of rotatable bonds is 3. The van der Waals surface area contributed by atoms with Gasteiger partial charge in [-0.05, 0) is 0 Å². The number of carboxylic acids is 1. The number of nitrogens with zero attached hydrogens (tertiary/aromatic N) is 1. The van der Waals surface area contributed by atoms with Gasteiger partial charge in [-0.1, -0.05) is 25.6 Å².